The third kappa shape index (κ3) is 6.31. The number of ether oxygens (including phenoxy) is 1. The van der Waals surface area contributed by atoms with Gasteiger partial charge in [0.1, 0.15) is 11.6 Å². The molecule has 0 aliphatic rings. The molecule has 2 rings (SSSR count). The van der Waals surface area contributed by atoms with Gasteiger partial charge in [-0.25, -0.2) is 4.79 Å². The number of aromatic amines is 1. The highest BCUT2D eigenvalue weighted by molar-refractivity contribution is 5.95. The van der Waals surface area contributed by atoms with Crippen LogP contribution in [0.3, 0.4) is 0 Å². The first-order valence-corrected chi connectivity index (χ1v) is 9.21. The maximum atomic E-state index is 11.9. The number of hydrogen-bond acceptors (Lipinski definition) is 6. The van der Waals surface area contributed by atoms with Gasteiger partial charge in [0.05, 0.1) is 0 Å². The van der Waals surface area contributed by atoms with Crippen LogP contribution < -0.4 is 16.2 Å². The van der Waals surface area contributed by atoms with E-state index < -0.39 is 30.1 Å². The Kier molecular flexibility index (Phi) is 7.88. The van der Waals surface area contributed by atoms with Crippen molar-refractivity contribution < 1.29 is 19.1 Å². The SMILES string of the molecule is Cc1[nH]c(=O)c(C#N)c(C)c1CCC(=O)OCC(=O)NC(=O)NCc1ccccc1. The molecule has 0 fully saturated rings. The van der Waals surface area contributed by atoms with E-state index in [0.29, 0.717) is 16.8 Å². The number of pyridine rings is 1. The summed E-state index contributed by atoms with van der Waals surface area (Å²) in [5.41, 5.74) is 2.16. The molecule has 0 aliphatic carbocycles. The normalized spacial score (nSPS) is 10.0. The first-order chi connectivity index (χ1) is 14.3. The van der Waals surface area contributed by atoms with Crippen LogP contribution in [0.15, 0.2) is 35.1 Å². The summed E-state index contributed by atoms with van der Waals surface area (Å²) in [6.45, 7) is 2.98. The standard InChI is InChI=1S/C21H22N4O5/c1-13-16(14(2)24-20(28)17(13)10-22)8-9-19(27)30-12-18(26)25-21(29)23-11-15-6-4-3-5-7-15/h3-7H,8-9,11-12H2,1-2H3,(H,24,28)(H2,23,25,26,29). The zero-order valence-electron chi connectivity index (χ0n) is 16.7. The fourth-order valence-corrected chi connectivity index (χ4v) is 2.85. The van der Waals surface area contributed by atoms with Crippen molar-refractivity contribution in [2.24, 2.45) is 0 Å². The topological polar surface area (TPSA) is 141 Å². The molecule has 1 aromatic heterocycles. The monoisotopic (exact) mass is 410 g/mol. The van der Waals surface area contributed by atoms with Gasteiger partial charge in [-0.15, -0.1) is 0 Å². The van der Waals surface area contributed by atoms with Gasteiger partial charge in [-0.3, -0.25) is 19.7 Å². The van der Waals surface area contributed by atoms with E-state index in [-0.39, 0.29) is 24.9 Å². The van der Waals surface area contributed by atoms with Gasteiger partial charge in [-0.2, -0.15) is 5.26 Å². The number of hydrogen-bond donors (Lipinski definition) is 3. The Labute approximate surface area is 173 Å². The number of nitrogens with one attached hydrogen (secondary N) is 3. The number of nitrogens with zero attached hydrogens (tertiary/aromatic N) is 1. The molecule has 156 valence electrons. The quantitative estimate of drug-likeness (QED) is 0.589. The minimum atomic E-state index is -0.753. The van der Waals surface area contributed by atoms with E-state index in [2.05, 4.69) is 15.6 Å². The van der Waals surface area contributed by atoms with E-state index in [1.165, 1.54) is 0 Å². The van der Waals surface area contributed by atoms with Gasteiger partial charge < -0.3 is 15.0 Å². The zero-order chi connectivity index (χ0) is 22.1. The highest BCUT2D eigenvalue weighted by Gasteiger charge is 2.15. The Bertz CT molecular complexity index is 1040. The molecule has 3 amide bonds. The molecule has 0 saturated heterocycles. The molecule has 0 bridgehead atoms. The lowest BCUT2D eigenvalue weighted by Gasteiger charge is -2.11. The number of aromatic nitrogens is 1. The van der Waals surface area contributed by atoms with Crippen LogP contribution in [-0.2, 0) is 27.3 Å². The van der Waals surface area contributed by atoms with Crippen LogP contribution >= 0.6 is 0 Å². The molecule has 9 nitrogen and oxygen atoms in total. The molecule has 30 heavy (non-hydrogen) atoms. The maximum Gasteiger partial charge on any atom is 0.321 e. The molecule has 9 heteroatoms. The Morgan fingerprint density at radius 1 is 1.17 bits per heavy atom. The smallest absolute Gasteiger partial charge is 0.321 e. The van der Waals surface area contributed by atoms with E-state index in [1.54, 1.807) is 13.8 Å². The predicted molar refractivity (Wildman–Crippen MR) is 107 cm³/mol. The van der Waals surface area contributed by atoms with Crippen molar-refractivity contribution in [3.8, 4) is 6.07 Å². The van der Waals surface area contributed by atoms with Crippen LogP contribution in [-0.4, -0.2) is 29.5 Å². The molecule has 0 unspecified atom stereocenters. The van der Waals surface area contributed by atoms with Crippen LogP contribution in [0.1, 0.15) is 34.4 Å². The predicted octanol–water partition coefficient (Wildman–Crippen LogP) is 1.37. The van der Waals surface area contributed by atoms with Crippen molar-refractivity contribution in [1.29, 1.82) is 5.26 Å². The number of rotatable bonds is 7. The van der Waals surface area contributed by atoms with Gasteiger partial charge in [-0.1, -0.05) is 30.3 Å². The molecule has 0 atom stereocenters. The fourth-order valence-electron chi connectivity index (χ4n) is 2.85. The van der Waals surface area contributed by atoms with E-state index in [0.717, 1.165) is 5.56 Å². The van der Waals surface area contributed by atoms with Crippen LogP contribution in [0.2, 0.25) is 0 Å². The van der Waals surface area contributed by atoms with Crippen molar-refractivity contribution in [1.82, 2.24) is 15.6 Å². The second-order valence-electron chi connectivity index (χ2n) is 6.55. The van der Waals surface area contributed by atoms with Crippen molar-refractivity contribution in [2.75, 3.05) is 6.61 Å². The summed E-state index contributed by atoms with van der Waals surface area (Å²) in [5, 5.41) is 13.7. The number of amides is 3. The average Bonchev–Trinajstić information content (AvgIpc) is 2.71. The second kappa shape index (κ2) is 10.6. The van der Waals surface area contributed by atoms with Crippen molar-refractivity contribution in [3.63, 3.8) is 0 Å². The zero-order valence-corrected chi connectivity index (χ0v) is 16.7. The largest absolute Gasteiger partial charge is 0.456 e. The number of imide groups is 1. The van der Waals surface area contributed by atoms with E-state index in [4.69, 9.17) is 10.00 Å². The maximum absolute atomic E-state index is 11.9. The molecule has 1 aromatic carbocycles. The number of H-pyrrole nitrogens is 1. The molecule has 2 aromatic rings. The first kappa shape index (κ1) is 22.4. The number of aryl methyl sites for hydroxylation is 1. The van der Waals surface area contributed by atoms with Gasteiger partial charge in [0, 0.05) is 18.7 Å². The second-order valence-corrected chi connectivity index (χ2v) is 6.55. The Morgan fingerprint density at radius 3 is 2.53 bits per heavy atom. The molecule has 0 saturated carbocycles. The van der Waals surface area contributed by atoms with Gasteiger partial charge in [0.25, 0.3) is 11.5 Å². The number of nitriles is 1. The van der Waals surface area contributed by atoms with Crippen molar-refractivity contribution >= 4 is 17.9 Å². The molecule has 3 N–H and O–H groups in total. The van der Waals surface area contributed by atoms with Gasteiger partial charge >= 0.3 is 12.0 Å². The minimum Gasteiger partial charge on any atom is -0.456 e. The lowest BCUT2D eigenvalue weighted by molar-refractivity contribution is -0.148. The van der Waals surface area contributed by atoms with Crippen LogP contribution in [0.4, 0.5) is 4.79 Å². The summed E-state index contributed by atoms with van der Waals surface area (Å²) < 4.78 is 4.88. The number of urea groups is 1. The minimum absolute atomic E-state index is 0.00450. The Balaban J connectivity index is 1.77. The summed E-state index contributed by atoms with van der Waals surface area (Å²) in [6.07, 6.45) is 0.188. The number of carbonyl (C=O) groups excluding carboxylic acids is 3. The summed E-state index contributed by atoms with van der Waals surface area (Å²) in [5.74, 6) is -1.39. The van der Waals surface area contributed by atoms with Crippen LogP contribution in [0.5, 0.6) is 0 Å². The van der Waals surface area contributed by atoms with E-state index >= 15 is 0 Å². The third-order valence-electron chi connectivity index (χ3n) is 4.41. The summed E-state index contributed by atoms with van der Waals surface area (Å²) in [4.78, 5) is 49.7. The summed E-state index contributed by atoms with van der Waals surface area (Å²) in [6, 6.07) is 10.3. The lowest BCUT2D eigenvalue weighted by Crippen LogP contribution is -2.41. The van der Waals surface area contributed by atoms with Crippen molar-refractivity contribution in [3.05, 3.63) is 68.6 Å². The summed E-state index contributed by atoms with van der Waals surface area (Å²) in [7, 11) is 0. The molecular weight excluding hydrogens is 388 g/mol. The number of carbonyl (C=O) groups is 3. The first-order valence-electron chi connectivity index (χ1n) is 9.21. The third-order valence-corrected chi connectivity index (χ3v) is 4.41. The number of esters is 1. The highest BCUT2D eigenvalue weighted by atomic mass is 16.5. The van der Waals surface area contributed by atoms with Gasteiger partial charge in [0.15, 0.2) is 6.61 Å². The molecular formula is C21H22N4O5. The van der Waals surface area contributed by atoms with Crippen molar-refractivity contribution in [2.45, 2.75) is 33.2 Å². The highest BCUT2D eigenvalue weighted by Crippen LogP contribution is 2.15. The van der Waals surface area contributed by atoms with Gasteiger partial charge in [-0.05, 0) is 37.0 Å². The molecule has 0 radical (unpaired) electrons. The van der Waals surface area contributed by atoms with E-state index in [9.17, 15) is 19.2 Å². The Morgan fingerprint density at radius 2 is 1.87 bits per heavy atom. The average molecular weight is 410 g/mol. The van der Waals surface area contributed by atoms with Crippen LogP contribution in [0.25, 0.3) is 0 Å². The molecule has 0 spiro atoms. The van der Waals surface area contributed by atoms with E-state index in [1.807, 2.05) is 36.4 Å². The Hall–Kier alpha value is -3.93. The molecule has 1 heterocycles. The number of benzene rings is 1. The molecule has 0 aliphatic heterocycles. The fraction of sp³-hybridized carbons (Fsp3) is 0.286. The summed E-state index contributed by atoms with van der Waals surface area (Å²) >= 11 is 0. The van der Waals surface area contributed by atoms with Crippen LogP contribution in [0, 0.1) is 25.2 Å². The van der Waals surface area contributed by atoms with Gasteiger partial charge in [0.2, 0.25) is 0 Å². The lowest BCUT2D eigenvalue weighted by atomic mass is 9.99.